The Morgan fingerprint density at radius 1 is 1.12 bits per heavy atom. The second-order valence-corrected chi connectivity index (χ2v) is 7.58. The van der Waals surface area contributed by atoms with E-state index >= 15 is 0 Å². The molecule has 140 valence electrons. The summed E-state index contributed by atoms with van der Waals surface area (Å²) in [6, 6.07) is 8.65. The molecule has 2 N–H and O–H groups in total. The van der Waals surface area contributed by atoms with Crippen LogP contribution in [0.25, 0.3) is 0 Å². The van der Waals surface area contributed by atoms with Crippen LogP contribution < -0.4 is 10.6 Å². The predicted molar refractivity (Wildman–Crippen MR) is 104 cm³/mol. The zero-order valence-corrected chi connectivity index (χ0v) is 16.4. The van der Waals surface area contributed by atoms with Crippen LogP contribution in [0.5, 0.6) is 0 Å². The minimum Gasteiger partial charge on any atom is -0.352 e. The molecule has 6 nitrogen and oxygen atoms in total. The van der Waals surface area contributed by atoms with Gasteiger partial charge >= 0.3 is 0 Å². The molecule has 0 aliphatic carbocycles. The minimum atomic E-state index is -0.263. The fourth-order valence-electron chi connectivity index (χ4n) is 2.62. The van der Waals surface area contributed by atoms with Crippen molar-refractivity contribution in [2.45, 2.75) is 53.0 Å². The predicted octanol–water partition coefficient (Wildman–Crippen LogP) is 3.76. The Kier molecular flexibility index (Phi) is 5.85. The van der Waals surface area contributed by atoms with Crippen molar-refractivity contribution in [2.24, 2.45) is 0 Å². The molecule has 0 atom stereocenters. The monoisotopic (exact) mass is 356 g/mol. The van der Waals surface area contributed by atoms with Crippen molar-refractivity contribution in [2.75, 3.05) is 11.9 Å². The van der Waals surface area contributed by atoms with E-state index in [4.69, 9.17) is 0 Å². The Labute approximate surface area is 155 Å². The molecular weight excluding hydrogens is 328 g/mol. The minimum absolute atomic E-state index is 0.129. The summed E-state index contributed by atoms with van der Waals surface area (Å²) < 4.78 is 1.91. The number of amides is 2. The molecule has 0 saturated heterocycles. The largest absolute Gasteiger partial charge is 0.352 e. The molecule has 0 saturated carbocycles. The molecule has 0 aliphatic heterocycles. The molecular formula is C20H28N4O2. The van der Waals surface area contributed by atoms with E-state index in [2.05, 4.69) is 50.4 Å². The Morgan fingerprint density at radius 3 is 2.19 bits per heavy atom. The van der Waals surface area contributed by atoms with Crippen molar-refractivity contribution in [1.29, 1.82) is 0 Å². The number of carbonyl (C=O) groups excluding carboxylic acids is 2. The van der Waals surface area contributed by atoms with Gasteiger partial charge in [-0.05, 0) is 63.9 Å². The molecule has 1 heterocycles. The molecule has 2 amide bonds. The number of carbonyl (C=O) groups is 2. The SMILES string of the molecule is CCNC(=O)c1ccc(NC(=O)c2cc(C(C)C)n(C(C)(C)C)n2)cc1. The van der Waals surface area contributed by atoms with Crippen molar-refractivity contribution in [3.8, 4) is 0 Å². The van der Waals surface area contributed by atoms with E-state index in [1.165, 1.54) is 0 Å². The summed E-state index contributed by atoms with van der Waals surface area (Å²) in [6.07, 6.45) is 0. The van der Waals surface area contributed by atoms with Crippen molar-refractivity contribution in [3.63, 3.8) is 0 Å². The average Bonchev–Trinajstić information content (AvgIpc) is 3.02. The zero-order chi connectivity index (χ0) is 19.5. The van der Waals surface area contributed by atoms with Gasteiger partial charge < -0.3 is 10.6 Å². The number of nitrogens with one attached hydrogen (secondary N) is 2. The third-order valence-corrected chi connectivity index (χ3v) is 3.94. The topological polar surface area (TPSA) is 76.0 Å². The van der Waals surface area contributed by atoms with Crippen LogP contribution in [-0.2, 0) is 5.54 Å². The number of rotatable bonds is 5. The van der Waals surface area contributed by atoms with Gasteiger partial charge in [0.05, 0.1) is 5.54 Å². The van der Waals surface area contributed by atoms with E-state index in [-0.39, 0.29) is 23.3 Å². The third-order valence-electron chi connectivity index (χ3n) is 3.94. The normalized spacial score (nSPS) is 11.5. The van der Waals surface area contributed by atoms with Crippen LogP contribution in [0.2, 0.25) is 0 Å². The Bertz CT molecular complexity index is 783. The molecule has 0 fully saturated rings. The number of benzene rings is 1. The number of hydrogen-bond acceptors (Lipinski definition) is 3. The molecule has 1 aromatic carbocycles. The van der Waals surface area contributed by atoms with Crippen LogP contribution in [0.3, 0.4) is 0 Å². The highest BCUT2D eigenvalue weighted by Gasteiger charge is 2.23. The third kappa shape index (κ3) is 4.50. The molecule has 26 heavy (non-hydrogen) atoms. The van der Waals surface area contributed by atoms with Gasteiger partial charge in [-0.2, -0.15) is 5.10 Å². The molecule has 6 heteroatoms. The molecule has 2 rings (SSSR count). The van der Waals surface area contributed by atoms with Gasteiger partial charge in [-0.1, -0.05) is 13.8 Å². The summed E-state index contributed by atoms with van der Waals surface area (Å²) in [5.41, 5.74) is 2.39. The van der Waals surface area contributed by atoms with Crippen molar-refractivity contribution in [1.82, 2.24) is 15.1 Å². The van der Waals surface area contributed by atoms with Gasteiger partial charge in [-0.3, -0.25) is 14.3 Å². The molecule has 0 radical (unpaired) electrons. The van der Waals surface area contributed by atoms with Crippen molar-refractivity contribution in [3.05, 3.63) is 47.3 Å². The molecule has 2 aromatic rings. The first kappa shape index (κ1) is 19.7. The van der Waals surface area contributed by atoms with Gasteiger partial charge in [0.15, 0.2) is 5.69 Å². The standard InChI is InChI=1S/C20H28N4O2/c1-7-21-18(25)14-8-10-15(11-9-14)22-19(26)16-12-17(13(2)3)24(23-16)20(4,5)6/h8-13H,7H2,1-6H3,(H,21,25)(H,22,26). The van der Waals surface area contributed by atoms with Crippen LogP contribution in [0.4, 0.5) is 5.69 Å². The van der Waals surface area contributed by atoms with Crippen molar-refractivity contribution >= 4 is 17.5 Å². The molecule has 0 bridgehead atoms. The van der Waals surface area contributed by atoms with Crippen molar-refractivity contribution < 1.29 is 9.59 Å². The number of anilines is 1. The van der Waals surface area contributed by atoms with E-state index in [9.17, 15) is 9.59 Å². The maximum atomic E-state index is 12.6. The lowest BCUT2D eigenvalue weighted by atomic mass is 10.1. The van der Waals surface area contributed by atoms with Crippen LogP contribution in [-0.4, -0.2) is 28.1 Å². The Morgan fingerprint density at radius 2 is 1.73 bits per heavy atom. The summed E-state index contributed by atoms with van der Waals surface area (Å²) in [4.78, 5) is 24.4. The van der Waals surface area contributed by atoms with Crippen LogP contribution in [0, 0.1) is 0 Å². The first-order valence-electron chi connectivity index (χ1n) is 8.93. The Balaban J connectivity index is 2.19. The molecule has 0 aliphatic rings. The fourth-order valence-corrected chi connectivity index (χ4v) is 2.62. The first-order chi connectivity index (χ1) is 12.1. The highest BCUT2D eigenvalue weighted by Crippen LogP contribution is 2.24. The number of hydrogen-bond donors (Lipinski definition) is 2. The fraction of sp³-hybridized carbons (Fsp3) is 0.450. The summed E-state index contributed by atoms with van der Waals surface area (Å²) in [5.74, 6) is -0.129. The zero-order valence-electron chi connectivity index (χ0n) is 16.4. The maximum Gasteiger partial charge on any atom is 0.276 e. The highest BCUT2D eigenvalue weighted by molar-refractivity contribution is 6.03. The first-order valence-corrected chi connectivity index (χ1v) is 8.93. The summed E-state index contributed by atoms with van der Waals surface area (Å²) in [7, 11) is 0. The lowest BCUT2D eigenvalue weighted by Crippen LogP contribution is -2.26. The van der Waals surface area contributed by atoms with E-state index in [0.29, 0.717) is 23.5 Å². The smallest absolute Gasteiger partial charge is 0.276 e. The van der Waals surface area contributed by atoms with Gasteiger partial charge in [0.2, 0.25) is 0 Å². The van der Waals surface area contributed by atoms with Gasteiger partial charge in [0.25, 0.3) is 11.8 Å². The lowest BCUT2D eigenvalue weighted by Gasteiger charge is -2.23. The van der Waals surface area contributed by atoms with Gasteiger partial charge in [0, 0.05) is 23.5 Å². The summed E-state index contributed by atoms with van der Waals surface area (Å²) in [5, 5.41) is 10.1. The highest BCUT2D eigenvalue weighted by atomic mass is 16.2. The van der Waals surface area contributed by atoms with Crippen LogP contribution in [0.1, 0.15) is 74.0 Å². The quantitative estimate of drug-likeness (QED) is 0.856. The number of nitrogens with zero attached hydrogens (tertiary/aromatic N) is 2. The number of aromatic nitrogens is 2. The van der Waals surface area contributed by atoms with Crippen LogP contribution in [0.15, 0.2) is 30.3 Å². The summed E-state index contributed by atoms with van der Waals surface area (Å²) in [6.45, 7) is 12.8. The van der Waals surface area contributed by atoms with Gasteiger partial charge in [-0.15, -0.1) is 0 Å². The van der Waals surface area contributed by atoms with Gasteiger partial charge in [-0.25, -0.2) is 0 Å². The maximum absolute atomic E-state index is 12.6. The average molecular weight is 356 g/mol. The van der Waals surface area contributed by atoms with E-state index < -0.39 is 0 Å². The molecule has 0 spiro atoms. The van der Waals surface area contributed by atoms with Gasteiger partial charge in [0.1, 0.15) is 0 Å². The second-order valence-electron chi connectivity index (χ2n) is 7.58. The van der Waals surface area contributed by atoms with E-state index in [0.717, 1.165) is 5.69 Å². The van der Waals surface area contributed by atoms with Crippen LogP contribution >= 0.6 is 0 Å². The second kappa shape index (κ2) is 7.72. The summed E-state index contributed by atoms with van der Waals surface area (Å²) >= 11 is 0. The van der Waals surface area contributed by atoms with E-state index in [1.54, 1.807) is 24.3 Å². The Hall–Kier alpha value is -2.63. The molecule has 0 unspecified atom stereocenters. The van der Waals surface area contributed by atoms with E-state index in [1.807, 2.05) is 17.7 Å². The molecule has 1 aromatic heterocycles. The lowest BCUT2D eigenvalue weighted by molar-refractivity contribution is 0.0955.